The summed E-state index contributed by atoms with van der Waals surface area (Å²) in [5, 5.41) is 8.25. The van der Waals surface area contributed by atoms with Crippen LogP contribution in [0.5, 0.6) is 5.75 Å². The molecule has 0 unspecified atom stereocenters. The Bertz CT molecular complexity index is 1230. The molecule has 1 aliphatic carbocycles. The number of fused-ring (bicyclic) bond motifs is 1. The molecule has 1 aliphatic rings. The third kappa shape index (κ3) is 5.98. The molecule has 0 heterocycles. The summed E-state index contributed by atoms with van der Waals surface area (Å²) in [6, 6.07) is -0.248. The third-order valence-corrected chi connectivity index (χ3v) is 6.84. The molecule has 6 nitrogen and oxygen atoms in total. The summed E-state index contributed by atoms with van der Waals surface area (Å²) in [6.45, 7) is -0.940. The number of halogens is 8. The lowest BCUT2D eigenvalue weighted by molar-refractivity contribution is -0.143. The molecule has 0 spiro atoms. The molecule has 2 aromatic carbocycles. The fourth-order valence-corrected chi connectivity index (χ4v) is 5.13. The van der Waals surface area contributed by atoms with E-state index < -0.39 is 73.6 Å². The molecule has 3 rings (SSSR count). The maximum absolute atomic E-state index is 14.5. The van der Waals surface area contributed by atoms with Gasteiger partial charge < -0.3 is 9.84 Å². The van der Waals surface area contributed by atoms with E-state index in [1.807, 2.05) is 4.72 Å². The van der Waals surface area contributed by atoms with Crippen LogP contribution in [0.1, 0.15) is 41.1 Å². The minimum Gasteiger partial charge on any atom is -0.479 e. The summed E-state index contributed by atoms with van der Waals surface area (Å²) in [5.41, 5.74) is -3.50. The second-order valence-electron chi connectivity index (χ2n) is 7.56. The predicted octanol–water partition coefficient (Wildman–Crippen LogP) is 5.34. The first-order valence-electron chi connectivity index (χ1n) is 9.68. The van der Waals surface area contributed by atoms with Gasteiger partial charge in [0.2, 0.25) is 10.0 Å². The Labute approximate surface area is 198 Å². The summed E-state index contributed by atoms with van der Waals surface area (Å²) >= 11 is 5.83. The highest BCUT2D eigenvalue weighted by atomic mass is 35.5. The Morgan fingerprint density at radius 3 is 2.17 bits per heavy atom. The quantitative estimate of drug-likeness (QED) is 0.475. The van der Waals surface area contributed by atoms with E-state index in [1.54, 1.807) is 0 Å². The smallest absolute Gasteiger partial charge is 0.416 e. The number of aliphatic carboxylic acids is 1. The van der Waals surface area contributed by atoms with Crippen LogP contribution in [0.2, 0.25) is 5.02 Å². The fraction of sp³-hybridized carbons (Fsp3) is 0.350. The van der Waals surface area contributed by atoms with Crippen molar-refractivity contribution in [3.8, 4) is 5.75 Å². The molecule has 2 N–H and O–H groups in total. The van der Waals surface area contributed by atoms with E-state index in [2.05, 4.69) is 0 Å². The number of benzene rings is 2. The van der Waals surface area contributed by atoms with Crippen LogP contribution in [0.25, 0.3) is 0 Å². The minimum absolute atomic E-state index is 0.0393. The normalized spacial score (nSPS) is 16.6. The van der Waals surface area contributed by atoms with E-state index in [1.165, 1.54) is 0 Å². The van der Waals surface area contributed by atoms with Crippen molar-refractivity contribution in [1.29, 1.82) is 0 Å². The van der Waals surface area contributed by atoms with E-state index in [4.69, 9.17) is 21.4 Å². The van der Waals surface area contributed by atoms with Gasteiger partial charge in [0.25, 0.3) is 0 Å². The maximum atomic E-state index is 14.5. The van der Waals surface area contributed by atoms with Crippen LogP contribution in [0.15, 0.2) is 29.2 Å². The van der Waals surface area contributed by atoms with E-state index in [0.29, 0.717) is 0 Å². The van der Waals surface area contributed by atoms with Gasteiger partial charge in [-0.2, -0.15) is 26.3 Å². The molecule has 15 heteroatoms. The first-order chi connectivity index (χ1) is 16.0. The van der Waals surface area contributed by atoms with E-state index in [9.17, 15) is 43.9 Å². The number of nitrogens with one attached hydrogen (secondary N) is 1. The molecule has 1 atom stereocenters. The van der Waals surface area contributed by atoms with Gasteiger partial charge in [-0.05, 0) is 49.1 Å². The lowest BCUT2D eigenvalue weighted by atomic mass is 9.87. The van der Waals surface area contributed by atoms with Gasteiger partial charge in [0.15, 0.2) is 18.2 Å². The lowest BCUT2D eigenvalue weighted by Crippen LogP contribution is -2.32. The number of carbonyl (C=O) groups is 1. The number of hydrogen-bond acceptors (Lipinski definition) is 4. The average Bonchev–Trinajstić information content (AvgIpc) is 2.73. The topological polar surface area (TPSA) is 92.7 Å². The average molecular weight is 550 g/mol. The molecular formula is C20H15ClF7NO5S. The van der Waals surface area contributed by atoms with Crippen molar-refractivity contribution in [2.75, 3.05) is 6.61 Å². The second-order valence-corrected chi connectivity index (χ2v) is 9.68. The Hall–Kier alpha value is -2.58. The molecule has 0 aliphatic heterocycles. The van der Waals surface area contributed by atoms with Crippen LogP contribution in [-0.2, 0) is 33.6 Å². The van der Waals surface area contributed by atoms with Gasteiger partial charge in [0.05, 0.1) is 21.0 Å². The molecule has 0 fully saturated rings. The number of rotatable bonds is 6. The summed E-state index contributed by atoms with van der Waals surface area (Å²) < 4.78 is 126. The molecule has 0 aromatic heterocycles. The highest BCUT2D eigenvalue weighted by Crippen LogP contribution is 2.42. The lowest BCUT2D eigenvalue weighted by Gasteiger charge is -2.28. The Balaban J connectivity index is 2.06. The van der Waals surface area contributed by atoms with Gasteiger partial charge in [0.1, 0.15) is 0 Å². The van der Waals surface area contributed by atoms with Crippen LogP contribution in [0, 0.1) is 5.82 Å². The largest absolute Gasteiger partial charge is 0.479 e. The number of carboxylic acid groups (broad SMARTS) is 1. The third-order valence-electron chi connectivity index (χ3n) is 5.12. The second kappa shape index (κ2) is 9.47. The van der Waals surface area contributed by atoms with Crippen molar-refractivity contribution in [1.82, 2.24) is 4.72 Å². The number of sulfonamides is 1. The van der Waals surface area contributed by atoms with Crippen molar-refractivity contribution in [3.63, 3.8) is 0 Å². The van der Waals surface area contributed by atoms with Gasteiger partial charge in [0, 0.05) is 11.6 Å². The molecule has 0 saturated carbocycles. The zero-order valence-electron chi connectivity index (χ0n) is 17.2. The molecule has 0 saturated heterocycles. The minimum atomic E-state index is -5.26. The SMILES string of the molecule is O=C(O)COc1c(F)c(Cl)cc2c1CCC[C@H]2NS(=O)(=O)c1cc(C(F)(F)F)cc(C(F)(F)F)c1. The van der Waals surface area contributed by atoms with Crippen molar-refractivity contribution in [2.24, 2.45) is 0 Å². The summed E-state index contributed by atoms with van der Waals surface area (Å²) in [4.78, 5) is 9.53. The molecular weight excluding hydrogens is 535 g/mol. The van der Waals surface area contributed by atoms with Gasteiger partial charge in [-0.1, -0.05) is 11.6 Å². The summed E-state index contributed by atoms with van der Waals surface area (Å²) in [5.74, 6) is -3.06. The van der Waals surface area contributed by atoms with Gasteiger partial charge in [-0.15, -0.1) is 0 Å². The van der Waals surface area contributed by atoms with Crippen LogP contribution in [0.3, 0.4) is 0 Å². The first kappa shape index (κ1) is 27.0. The Kier molecular flexibility index (Phi) is 7.31. The molecule has 0 amide bonds. The van der Waals surface area contributed by atoms with Crippen molar-refractivity contribution >= 4 is 27.6 Å². The number of carboxylic acids is 1. The van der Waals surface area contributed by atoms with E-state index >= 15 is 0 Å². The van der Waals surface area contributed by atoms with Gasteiger partial charge >= 0.3 is 18.3 Å². The van der Waals surface area contributed by atoms with E-state index in [0.717, 1.165) is 6.07 Å². The summed E-state index contributed by atoms with van der Waals surface area (Å²) in [6.07, 6.45) is -10.1. The number of ether oxygens (including phenoxy) is 1. The molecule has 0 radical (unpaired) electrons. The van der Waals surface area contributed by atoms with Crippen LogP contribution in [-0.4, -0.2) is 26.1 Å². The number of alkyl halides is 6. The van der Waals surface area contributed by atoms with Crippen molar-refractivity contribution in [3.05, 3.63) is 57.4 Å². The first-order valence-corrected chi connectivity index (χ1v) is 11.5. The summed E-state index contributed by atoms with van der Waals surface area (Å²) in [7, 11) is -4.95. The predicted molar refractivity (Wildman–Crippen MR) is 107 cm³/mol. The maximum Gasteiger partial charge on any atom is 0.416 e. The monoisotopic (exact) mass is 549 g/mol. The zero-order valence-corrected chi connectivity index (χ0v) is 18.8. The Morgan fingerprint density at radius 2 is 1.66 bits per heavy atom. The highest BCUT2D eigenvalue weighted by molar-refractivity contribution is 7.89. The van der Waals surface area contributed by atoms with E-state index in [-0.39, 0.29) is 48.6 Å². The van der Waals surface area contributed by atoms with Gasteiger partial charge in [-0.3, -0.25) is 0 Å². The van der Waals surface area contributed by atoms with Crippen molar-refractivity contribution in [2.45, 2.75) is 42.6 Å². The van der Waals surface area contributed by atoms with Crippen LogP contribution >= 0.6 is 11.6 Å². The van der Waals surface area contributed by atoms with Crippen LogP contribution in [0.4, 0.5) is 30.7 Å². The van der Waals surface area contributed by atoms with Crippen LogP contribution < -0.4 is 9.46 Å². The van der Waals surface area contributed by atoms with Gasteiger partial charge in [-0.25, -0.2) is 22.3 Å². The molecule has 2 aromatic rings. The fourth-order valence-electron chi connectivity index (χ4n) is 3.61. The Morgan fingerprint density at radius 1 is 1.09 bits per heavy atom. The highest BCUT2D eigenvalue weighted by Gasteiger charge is 2.39. The molecule has 0 bridgehead atoms. The molecule has 192 valence electrons. The van der Waals surface area contributed by atoms with Crippen molar-refractivity contribution < 1.29 is 53.8 Å². The standard InChI is InChI=1S/C20H15ClF7NO5S/c21-14-7-13-12(18(17(14)22)34-8-16(30)31)2-1-3-15(13)29-35(32,33)11-5-9(19(23,24)25)4-10(6-11)20(26,27)28/h4-7,15,29H,1-3,8H2,(H,30,31)/t15-/m1/s1. The zero-order chi connectivity index (χ0) is 26.3. The molecule has 35 heavy (non-hydrogen) atoms. The number of hydrogen-bond donors (Lipinski definition) is 2.